The third-order valence-corrected chi connectivity index (χ3v) is 3.73. The quantitative estimate of drug-likeness (QED) is 0.901. The maximum atomic E-state index is 12.3. The van der Waals surface area contributed by atoms with Gasteiger partial charge in [-0.25, -0.2) is 4.98 Å². The molecule has 1 atom stereocenters. The normalized spacial score (nSPS) is 13.5. The number of fused-ring (bicyclic) bond motifs is 1. The summed E-state index contributed by atoms with van der Waals surface area (Å²) in [4.78, 5) is 16.4. The smallest absolute Gasteiger partial charge is 0.253 e. The Morgan fingerprint density at radius 2 is 2.05 bits per heavy atom. The second-order valence-electron chi connectivity index (χ2n) is 6.08. The molecule has 2 aromatic heterocycles. The van der Waals surface area contributed by atoms with Gasteiger partial charge in [-0.05, 0) is 31.4 Å². The highest BCUT2D eigenvalue weighted by Crippen LogP contribution is 2.19. The van der Waals surface area contributed by atoms with Gasteiger partial charge in [-0.1, -0.05) is 20.8 Å². The zero-order valence-corrected chi connectivity index (χ0v) is 12.2. The monoisotopic (exact) mass is 259 g/mol. The molecular weight excluding hydrogens is 238 g/mol. The molecule has 0 bridgehead atoms. The van der Waals surface area contributed by atoms with Gasteiger partial charge in [0.1, 0.15) is 0 Å². The maximum Gasteiger partial charge on any atom is 0.253 e. The Kier molecular flexibility index (Phi) is 3.35. The molecule has 19 heavy (non-hydrogen) atoms. The zero-order chi connectivity index (χ0) is 14.2. The molecule has 1 unspecified atom stereocenters. The van der Waals surface area contributed by atoms with Crippen LogP contribution in [0.25, 0.3) is 5.52 Å². The number of amides is 1. The number of rotatable bonds is 2. The first-order valence-electron chi connectivity index (χ1n) is 6.53. The van der Waals surface area contributed by atoms with Crippen molar-refractivity contribution < 1.29 is 4.79 Å². The fourth-order valence-electron chi connectivity index (χ4n) is 1.86. The number of aromatic nitrogens is 2. The van der Waals surface area contributed by atoms with Gasteiger partial charge < -0.3 is 9.72 Å². The Bertz CT molecular complexity index is 607. The first kappa shape index (κ1) is 13.6. The van der Waals surface area contributed by atoms with Gasteiger partial charge in [-0.3, -0.25) is 4.79 Å². The van der Waals surface area contributed by atoms with Gasteiger partial charge in [0.2, 0.25) is 0 Å². The minimum Gasteiger partial charge on any atom is -0.349 e. The Hall–Kier alpha value is -1.84. The molecule has 0 aliphatic rings. The van der Waals surface area contributed by atoms with E-state index in [0.717, 1.165) is 11.2 Å². The summed E-state index contributed by atoms with van der Waals surface area (Å²) in [5.41, 5.74) is 2.65. The Labute approximate surface area is 113 Å². The van der Waals surface area contributed by atoms with Crippen molar-refractivity contribution in [2.75, 3.05) is 0 Å². The van der Waals surface area contributed by atoms with Crippen molar-refractivity contribution >= 4 is 11.4 Å². The number of hydrogen-bond acceptors (Lipinski definition) is 2. The van der Waals surface area contributed by atoms with E-state index in [0.29, 0.717) is 5.56 Å². The molecule has 0 aliphatic carbocycles. The van der Waals surface area contributed by atoms with Crippen molar-refractivity contribution in [2.24, 2.45) is 5.41 Å². The Morgan fingerprint density at radius 3 is 2.68 bits per heavy atom. The SMILES string of the molecule is Cc1c(C(=O)NC(C)C(C)(C)C)ccc2cncn12. The first-order chi connectivity index (χ1) is 8.80. The second kappa shape index (κ2) is 4.68. The molecule has 2 heterocycles. The maximum absolute atomic E-state index is 12.3. The van der Waals surface area contributed by atoms with Crippen LogP contribution in [0.3, 0.4) is 0 Å². The van der Waals surface area contributed by atoms with E-state index in [1.807, 2.05) is 30.4 Å². The summed E-state index contributed by atoms with van der Waals surface area (Å²) >= 11 is 0. The standard InChI is InChI=1S/C15H21N3O/c1-10-13(7-6-12-8-16-9-18(10)12)14(19)17-11(2)15(3,4)5/h6-9,11H,1-5H3,(H,17,19). The molecule has 0 spiro atoms. The van der Waals surface area contributed by atoms with Crippen LogP contribution in [0, 0.1) is 12.3 Å². The number of aryl methyl sites for hydroxylation is 1. The van der Waals surface area contributed by atoms with E-state index in [-0.39, 0.29) is 17.4 Å². The van der Waals surface area contributed by atoms with Crippen LogP contribution in [0.1, 0.15) is 43.7 Å². The van der Waals surface area contributed by atoms with Gasteiger partial charge in [0.15, 0.2) is 0 Å². The molecule has 2 aromatic rings. The predicted octanol–water partition coefficient (Wildman–Crippen LogP) is 2.81. The van der Waals surface area contributed by atoms with E-state index in [1.54, 1.807) is 12.5 Å². The number of imidazole rings is 1. The van der Waals surface area contributed by atoms with Crippen LogP contribution in [0.2, 0.25) is 0 Å². The predicted molar refractivity (Wildman–Crippen MR) is 76.3 cm³/mol. The molecular formula is C15H21N3O. The highest BCUT2D eigenvalue weighted by Gasteiger charge is 2.23. The van der Waals surface area contributed by atoms with E-state index in [2.05, 4.69) is 31.1 Å². The van der Waals surface area contributed by atoms with Crippen LogP contribution in [0.5, 0.6) is 0 Å². The van der Waals surface area contributed by atoms with E-state index < -0.39 is 0 Å². The van der Waals surface area contributed by atoms with Crippen molar-refractivity contribution in [3.8, 4) is 0 Å². The lowest BCUT2D eigenvalue weighted by Gasteiger charge is -2.28. The molecule has 4 nitrogen and oxygen atoms in total. The molecule has 1 amide bonds. The largest absolute Gasteiger partial charge is 0.349 e. The van der Waals surface area contributed by atoms with Gasteiger partial charge in [0.05, 0.1) is 23.6 Å². The third kappa shape index (κ3) is 2.62. The van der Waals surface area contributed by atoms with Crippen LogP contribution in [0.15, 0.2) is 24.7 Å². The van der Waals surface area contributed by atoms with E-state index in [1.165, 1.54) is 0 Å². The van der Waals surface area contributed by atoms with Gasteiger partial charge in [0.25, 0.3) is 5.91 Å². The van der Waals surface area contributed by atoms with Crippen molar-refractivity contribution in [1.29, 1.82) is 0 Å². The van der Waals surface area contributed by atoms with Crippen LogP contribution in [0.4, 0.5) is 0 Å². The molecule has 2 rings (SSSR count). The lowest BCUT2D eigenvalue weighted by molar-refractivity contribution is 0.0909. The van der Waals surface area contributed by atoms with E-state index in [9.17, 15) is 4.79 Å². The lowest BCUT2D eigenvalue weighted by atomic mass is 9.88. The summed E-state index contributed by atoms with van der Waals surface area (Å²) < 4.78 is 1.93. The number of nitrogens with one attached hydrogen (secondary N) is 1. The molecule has 0 saturated carbocycles. The zero-order valence-electron chi connectivity index (χ0n) is 12.2. The summed E-state index contributed by atoms with van der Waals surface area (Å²) in [5.74, 6) is -0.0319. The van der Waals surface area contributed by atoms with Gasteiger partial charge in [-0.15, -0.1) is 0 Å². The highest BCUT2D eigenvalue weighted by atomic mass is 16.1. The van der Waals surface area contributed by atoms with Crippen molar-refractivity contribution in [3.05, 3.63) is 35.9 Å². The molecule has 4 heteroatoms. The van der Waals surface area contributed by atoms with Gasteiger partial charge in [0, 0.05) is 11.7 Å². The molecule has 0 aliphatic heterocycles. The molecule has 0 aromatic carbocycles. The summed E-state index contributed by atoms with van der Waals surface area (Å²) in [5, 5.41) is 3.06. The number of hydrogen-bond donors (Lipinski definition) is 1. The fraction of sp³-hybridized carbons (Fsp3) is 0.467. The average molecular weight is 259 g/mol. The molecule has 1 N–H and O–H groups in total. The van der Waals surface area contributed by atoms with Crippen molar-refractivity contribution in [2.45, 2.75) is 40.7 Å². The summed E-state index contributed by atoms with van der Waals surface area (Å²) in [6, 6.07) is 3.88. The molecule has 102 valence electrons. The lowest BCUT2D eigenvalue weighted by Crippen LogP contribution is -2.41. The number of nitrogens with zero attached hydrogens (tertiary/aromatic N) is 2. The first-order valence-corrected chi connectivity index (χ1v) is 6.53. The van der Waals surface area contributed by atoms with Crippen LogP contribution >= 0.6 is 0 Å². The number of pyridine rings is 1. The molecule has 0 radical (unpaired) electrons. The second-order valence-corrected chi connectivity index (χ2v) is 6.08. The van der Waals surface area contributed by atoms with Gasteiger partial charge >= 0.3 is 0 Å². The number of carbonyl (C=O) groups excluding carboxylic acids is 1. The van der Waals surface area contributed by atoms with Crippen LogP contribution in [-0.2, 0) is 0 Å². The van der Waals surface area contributed by atoms with Crippen molar-refractivity contribution in [3.63, 3.8) is 0 Å². The average Bonchev–Trinajstić information content (AvgIpc) is 2.76. The van der Waals surface area contributed by atoms with Crippen LogP contribution in [-0.4, -0.2) is 21.3 Å². The minimum atomic E-state index is -0.0319. The topological polar surface area (TPSA) is 46.4 Å². The Balaban J connectivity index is 2.29. The highest BCUT2D eigenvalue weighted by molar-refractivity contribution is 5.95. The van der Waals surface area contributed by atoms with Gasteiger partial charge in [-0.2, -0.15) is 0 Å². The summed E-state index contributed by atoms with van der Waals surface area (Å²) in [6.45, 7) is 10.3. The summed E-state index contributed by atoms with van der Waals surface area (Å²) in [6.07, 6.45) is 3.51. The molecule has 0 fully saturated rings. The third-order valence-electron chi connectivity index (χ3n) is 3.73. The Morgan fingerprint density at radius 1 is 1.37 bits per heavy atom. The van der Waals surface area contributed by atoms with Crippen molar-refractivity contribution in [1.82, 2.24) is 14.7 Å². The minimum absolute atomic E-state index is 0.0319. The van der Waals surface area contributed by atoms with E-state index in [4.69, 9.17) is 0 Å². The fourth-order valence-corrected chi connectivity index (χ4v) is 1.86. The van der Waals surface area contributed by atoms with Crippen LogP contribution < -0.4 is 5.32 Å². The number of carbonyl (C=O) groups is 1. The van der Waals surface area contributed by atoms with E-state index >= 15 is 0 Å². The molecule has 0 saturated heterocycles. The summed E-state index contributed by atoms with van der Waals surface area (Å²) in [7, 11) is 0.